The molecule has 0 saturated carbocycles. The van der Waals surface area contributed by atoms with E-state index in [1.54, 1.807) is 18.5 Å². The molecule has 1 aromatic carbocycles. The zero-order valence-corrected chi connectivity index (χ0v) is 18.8. The van der Waals surface area contributed by atoms with Gasteiger partial charge in [0, 0.05) is 36.5 Å². The minimum Gasteiger partial charge on any atom is -0.444 e. The number of nitrogens with zero attached hydrogens (tertiary/aromatic N) is 5. The molecule has 0 unspecified atom stereocenters. The van der Waals surface area contributed by atoms with E-state index in [1.807, 2.05) is 23.1 Å². The molecule has 1 fully saturated rings. The summed E-state index contributed by atoms with van der Waals surface area (Å²) in [5.41, 5.74) is 4.86. The molecule has 0 aliphatic carbocycles. The lowest BCUT2D eigenvalue weighted by atomic mass is 10.1. The molecular formula is C26H24N6O2. The minimum atomic E-state index is -0.230. The van der Waals surface area contributed by atoms with Gasteiger partial charge >= 0.3 is 6.03 Å². The van der Waals surface area contributed by atoms with Gasteiger partial charge in [0.1, 0.15) is 5.82 Å². The summed E-state index contributed by atoms with van der Waals surface area (Å²) in [5.74, 6) is 1.77. The number of hydrogen-bond donors (Lipinski definition) is 1. The highest BCUT2D eigenvalue weighted by atomic mass is 16.3. The maximum atomic E-state index is 13.7. The lowest BCUT2D eigenvalue weighted by Crippen LogP contribution is -2.46. The Morgan fingerprint density at radius 3 is 2.76 bits per heavy atom. The second-order valence-corrected chi connectivity index (χ2v) is 8.72. The largest absolute Gasteiger partial charge is 0.444 e. The number of nitrogens with one attached hydrogen (secondary N) is 1. The molecule has 7 rings (SSSR count). The van der Waals surface area contributed by atoms with Gasteiger partial charge < -0.3 is 9.32 Å². The summed E-state index contributed by atoms with van der Waals surface area (Å²) in [5, 5.41) is 2.99. The molecule has 170 valence electrons. The van der Waals surface area contributed by atoms with Gasteiger partial charge in [-0.25, -0.2) is 19.7 Å². The van der Waals surface area contributed by atoms with Crippen molar-refractivity contribution in [1.29, 1.82) is 0 Å². The van der Waals surface area contributed by atoms with E-state index in [9.17, 15) is 4.79 Å². The number of urea groups is 1. The van der Waals surface area contributed by atoms with Crippen LogP contribution >= 0.6 is 0 Å². The van der Waals surface area contributed by atoms with Crippen LogP contribution in [0.3, 0.4) is 0 Å². The quantitative estimate of drug-likeness (QED) is 0.464. The Balaban J connectivity index is 1.37. The van der Waals surface area contributed by atoms with Crippen LogP contribution < -0.4 is 15.1 Å². The van der Waals surface area contributed by atoms with E-state index in [2.05, 4.69) is 51.4 Å². The number of carbonyl (C=O) groups is 1. The van der Waals surface area contributed by atoms with Crippen LogP contribution in [0.1, 0.15) is 18.4 Å². The first-order chi connectivity index (χ1) is 16.7. The van der Waals surface area contributed by atoms with E-state index in [0.29, 0.717) is 17.4 Å². The normalized spacial score (nSPS) is 15.2. The number of oxazole rings is 1. The Bertz CT molecular complexity index is 1350. The number of anilines is 3. The van der Waals surface area contributed by atoms with Crippen molar-refractivity contribution in [2.75, 3.05) is 28.2 Å². The summed E-state index contributed by atoms with van der Waals surface area (Å²) >= 11 is 0. The van der Waals surface area contributed by atoms with Crippen LogP contribution in [0.4, 0.5) is 22.1 Å². The van der Waals surface area contributed by atoms with Gasteiger partial charge in [0.05, 0.1) is 17.6 Å². The van der Waals surface area contributed by atoms with E-state index >= 15 is 0 Å². The molecule has 1 N–H and O–H groups in total. The van der Waals surface area contributed by atoms with E-state index in [0.717, 1.165) is 48.4 Å². The number of piperidine rings is 1. The van der Waals surface area contributed by atoms with E-state index in [1.165, 1.54) is 12.0 Å². The predicted molar refractivity (Wildman–Crippen MR) is 131 cm³/mol. The SMILES string of the molecule is Cc1cccc(-c2ccc3c(n2)N(C(=O)Nc2cc(-c4cnco4)ccn2)C2CCN3CC2)c1. The second-order valence-electron chi connectivity index (χ2n) is 8.72. The fraction of sp³-hybridized carbons (Fsp3) is 0.231. The Labute approximate surface area is 197 Å². The molecule has 6 heterocycles. The predicted octanol–water partition coefficient (Wildman–Crippen LogP) is 5.13. The van der Waals surface area contributed by atoms with Gasteiger partial charge in [0.15, 0.2) is 18.0 Å². The molecule has 3 aliphatic heterocycles. The van der Waals surface area contributed by atoms with Crippen molar-refractivity contribution in [1.82, 2.24) is 15.0 Å². The second kappa shape index (κ2) is 8.30. The molecule has 0 radical (unpaired) electrons. The number of amides is 2. The third-order valence-corrected chi connectivity index (χ3v) is 6.50. The van der Waals surface area contributed by atoms with Gasteiger partial charge in [-0.3, -0.25) is 10.2 Å². The number of fused-ring (bicyclic) bond motifs is 2. The lowest BCUT2D eigenvalue weighted by Gasteiger charge is -2.31. The monoisotopic (exact) mass is 452 g/mol. The average Bonchev–Trinajstić information content (AvgIpc) is 3.30. The maximum absolute atomic E-state index is 13.7. The Kier molecular flexibility index (Phi) is 4.98. The summed E-state index contributed by atoms with van der Waals surface area (Å²) in [7, 11) is 0. The van der Waals surface area contributed by atoms with Crippen molar-refractivity contribution in [3.8, 4) is 22.6 Å². The highest BCUT2D eigenvalue weighted by molar-refractivity contribution is 6.04. The molecule has 2 bridgehead atoms. The maximum Gasteiger partial charge on any atom is 0.328 e. The summed E-state index contributed by atoms with van der Waals surface area (Å²) in [6.45, 7) is 3.89. The number of carbonyl (C=O) groups excluding carboxylic acids is 1. The highest BCUT2D eigenvalue weighted by Gasteiger charge is 2.37. The molecule has 8 heteroatoms. The summed E-state index contributed by atoms with van der Waals surface area (Å²) < 4.78 is 5.38. The molecule has 0 atom stereocenters. The fourth-order valence-electron chi connectivity index (χ4n) is 4.81. The number of aryl methyl sites for hydroxylation is 1. The number of aromatic nitrogens is 3. The summed E-state index contributed by atoms with van der Waals surface area (Å²) in [6.07, 6.45) is 6.46. The molecule has 8 nitrogen and oxygen atoms in total. The molecule has 0 spiro atoms. The number of hydrogen-bond acceptors (Lipinski definition) is 6. The molecule has 4 aromatic rings. The van der Waals surface area contributed by atoms with E-state index in [4.69, 9.17) is 9.40 Å². The molecule has 3 aromatic heterocycles. The fourth-order valence-corrected chi connectivity index (χ4v) is 4.81. The van der Waals surface area contributed by atoms with Crippen LogP contribution in [0.2, 0.25) is 0 Å². The first kappa shape index (κ1) is 20.4. The first-order valence-corrected chi connectivity index (χ1v) is 11.4. The molecule has 1 saturated heterocycles. The Hall–Kier alpha value is -4.20. The number of benzene rings is 1. The zero-order chi connectivity index (χ0) is 23.1. The Morgan fingerprint density at radius 1 is 1.09 bits per heavy atom. The zero-order valence-electron chi connectivity index (χ0n) is 18.8. The van der Waals surface area contributed by atoms with E-state index < -0.39 is 0 Å². The standard InChI is InChI=1S/C26H24N6O2/c1-17-3-2-4-18(13-17)21-5-6-22-25(29-21)32(20-8-11-31(22)12-9-20)26(33)30-24-14-19(7-10-28-24)23-15-27-16-34-23/h2-7,10,13-16,20H,8-9,11-12H2,1H3,(H,28,30,33). The number of pyridine rings is 2. The van der Waals surface area contributed by atoms with Gasteiger partial charge in [0.25, 0.3) is 0 Å². The third-order valence-electron chi connectivity index (χ3n) is 6.50. The van der Waals surface area contributed by atoms with Crippen molar-refractivity contribution >= 4 is 23.4 Å². The lowest BCUT2D eigenvalue weighted by molar-refractivity contribution is 0.253. The molecule has 34 heavy (non-hydrogen) atoms. The minimum absolute atomic E-state index is 0.0789. The van der Waals surface area contributed by atoms with Crippen LogP contribution in [-0.4, -0.2) is 40.1 Å². The van der Waals surface area contributed by atoms with Crippen LogP contribution in [0, 0.1) is 6.92 Å². The average molecular weight is 453 g/mol. The molecule has 2 amide bonds. The van der Waals surface area contributed by atoms with Gasteiger partial charge in [-0.2, -0.15) is 0 Å². The highest BCUT2D eigenvalue weighted by Crippen LogP contribution is 2.39. The van der Waals surface area contributed by atoms with Crippen LogP contribution in [0.15, 0.2) is 71.7 Å². The van der Waals surface area contributed by atoms with Crippen molar-refractivity contribution in [3.63, 3.8) is 0 Å². The summed E-state index contributed by atoms with van der Waals surface area (Å²) in [4.78, 5) is 31.1. The smallest absolute Gasteiger partial charge is 0.328 e. The number of rotatable bonds is 3. The first-order valence-electron chi connectivity index (χ1n) is 11.4. The van der Waals surface area contributed by atoms with Gasteiger partial charge in [0.2, 0.25) is 0 Å². The van der Waals surface area contributed by atoms with Gasteiger partial charge in [-0.1, -0.05) is 23.8 Å². The van der Waals surface area contributed by atoms with E-state index in [-0.39, 0.29) is 12.1 Å². The topological polar surface area (TPSA) is 87.4 Å². The van der Waals surface area contributed by atoms with Crippen LogP contribution in [0.5, 0.6) is 0 Å². The van der Waals surface area contributed by atoms with Crippen molar-refractivity contribution in [2.24, 2.45) is 0 Å². The van der Waals surface area contributed by atoms with Crippen molar-refractivity contribution in [3.05, 3.63) is 72.9 Å². The van der Waals surface area contributed by atoms with Crippen molar-refractivity contribution in [2.45, 2.75) is 25.8 Å². The van der Waals surface area contributed by atoms with Gasteiger partial charge in [-0.05, 0) is 50.1 Å². The molecule has 3 aliphatic rings. The van der Waals surface area contributed by atoms with Crippen LogP contribution in [0.25, 0.3) is 22.6 Å². The van der Waals surface area contributed by atoms with Crippen LogP contribution in [-0.2, 0) is 0 Å². The third kappa shape index (κ3) is 3.67. The van der Waals surface area contributed by atoms with Gasteiger partial charge in [-0.15, -0.1) is 0 Å². The summed E-state index contributed by atoms with van der Waals surface area (Å²) in [6, 6.07) is 15.9. The Morgan fingerprint density at radius 2 is 1.97 bits per heavy atom. The van der Waals surface area contributed by atoms with Crippen molar-refractivity contribution < 1.29 is 9.21 Å². The molecular weight excluding hydrogens is 428 g/mol.